The monoisotopic (exact) mass is 263 g/mol. The number of carbonyl (C=O) groups is 1. The average Bonchev–Trinajstić information content (AvgIpc) is 3.24. The van der Waals surface area contributed by atoms with Crippen LogP contribution in [-0.2, 0) is 9.53 Å². The lowest BCUT2D eigenvalue weighted by Gasteiger charge is -2.18. The van der Waals surface area contributed by atoms with Gasteiger partial charge in [0.2, 0.25) is 5.91 Å². The van der Waals surface area contributed by atoms with Gasteiger partial charge in [-0.1, -0.05) is 12.1 Å². The average molecular weight is 263 g/mol. The summed E-state index contributed by atoms with van der Waals surface area (Å²) in [6.07, 6.45) is 2.02. The van der Waals surface area contributed by atoms with E-state index in [0.717, 1.165) is 24.2 Å². The summed E-state index contributed by atoms with van der Waals surface area (Å²) in [5.74, 6) is 1.19. The lowest BCUT2D eigenvalue weighted by atomic mass is 10.1. The summed E-state index contributed by atoms with van der Waals surface area (Å²) in [4.78, 5) is 11.8. The van der Waals surface area contributed by atoms with Crippen LogP contribution in [-0.4, -0.2) is 26.2 Å². The van der Waals surface area contributed by atoms with Crippen LogP contribution < -0.4 is 10.1 Å². The molecule has 0 saturated heterocycles. The Labute approximate surface area is 114 Å². The van der Waals surface area contributed by atoms with Crippen molar-refractivity contribution < 1.29 is 14.3 Å². The van der Waals surface area contributed by atoms with E-state index >= 15 is 0 Å². The quantitative estimate of drug-likeness (QED) is 0.821. The van der Waals surface area contributed by atoms with Gasteiger partial charge in [-0.05, 0) is 37.5 Å². The molecule has 0 bridgehead atoms. The summed E-state index contributed by atoms with van der Waals surface area (Å²) in [5.41, 5.74) is 1.04. The van der Waals surface area contributed by atoms with Gasteiger partial charge in [-0.2, -0.15) is 0 Å². The maximum Gasteiger partial charge on any atom is 0.223 e. The number of nitrogens with one attached hydrogen (secondary N) is 1. The van der Waals surface area contributed by atoms with Gasteiger partial charge in [-0.25, -0.2) is 0 Å². The third-order valence-corrected chi connectivity index (χ3v) is 3.19. The van der Waals surface area contributed by atoms with Crippen molar-refractivity contribution >= 4 is 5.91 Å². The molecule has 19 heavy (non-hydrogen) atoms. The Morgan fingerprint density at radius 2 is 2.05 bits per heavy atom. The highest BCUT2D eigenvalue weighted by molar-refractivity contribution is 5.81. The summed E-state index contributed by atoms with van der Waals surface area (Å²) in [6, 6.07) is 7.70. The molecule has 1 saturated carbocycles. The van der Waals surface area contributed by atoms with Gasteiger partial charge in [0, 0.05) is 13.0 Å². The van der Waals surface area contributed by atoms with Crippen molar-refractivity contribution in [2.75, 3.05) is 20.3 Å². The number of rotatable bonds is 7. The molecule has 1 fully saturated rings. The number of hydrogen-bond acceptors (Lipinski definition) is 3. The second kappa shape index (κ2) is 6.57. The number of hydrogen-bond donors (Lipinski definition) is 1. The largest absolute Gasteiger partial charge is 0.494 e. The van der Waals surface area contributed by atoms with Crippen molar-refractivity contribution in [3.8, 4) is 5.75 Å². The summed E-state index contributed by atoms with van der Waals surface area (Å²) >= 11 is 0. The molecule has 1 aliphatic carbocycles. The standard InChI is InChI=1S/C15H21NO3/c1-3-19-13-8-6-11(7-9-13)14(10-18-2)16-15(17)12-4-5-12/h6-9,12,14H,3-5,10H2,1-2H3,(H,16,17). The first kappa shape index (κ1) is 13.9. The molecule has 1 amide bonds. The highest BCUT2D eigenvalue weighted by atomic mass is 16.5. The molecular formula is C15H21NO3. The normalized spacial score (nSPS) is 15.9. The van der Waals surface area contributed by atoms with E-state index in [-0.39, 0.29) is 17.9 Å². The molecule has 0 spiro atoms. The molecule has 0 radical (unpaired) electrons. The van der Waals surface area contributed by atoms with E-state index in [1.54, 1.807) is 7.11 Å². The minimum absolute atomic E-state index is 0.0891. The first-order valence-electron chi connectivity index (χ1n) is 6.76. The van der Waals surface area contributed by atoms with Crippen molar-refractivity contribution in [1.29, 1.82) is 0 Å². The molecular weight excluding hydrogens is 242 g/mol. The van der Waals surface area contributed by atoms with Crippen LogP contribution in [0, 0.1) is 5.92 Å². The molecule has 4 nitrogen and oxygen atoms in total. The van der Waals surface area contributed by atoms with Gasteiger partial charge in [0.25, 0.3) is 0 Å². The number of amides is 1. The Morgan fingerprint density at radius 3 is 2.58 bits per heavy atom. The van der Waals surface area contributed by atoms with Gasteiger partial charge >= 0.3 is 0 Å². The summed E-state index contributed by atoms with van der Waals surface area (Å²) in [6.45, 7) is 3.09. The molecule has 4 heteroatoms. The number of carbonyl (C=O) groups excluding carboxylic acids is 1. The Morgan fingerprint density at radius 1 is 1.37 bits per heavy atom. The van der Waals surface area contributed by atoms with E-state index in [1.807, 2.05) is 31.2 Å². The van der Waals surface area contributed by atoms with E-state index in [0.29, 0.717) is 13.2 Å². The Bertz CT molecular complexity index is 412. The van der Waals surface area contributed by atoms with Crippen LogP contribution in [0.15, 0.2) is 24.3 Å². The minimum atomic E-state index is -0.0891. The summed E-state index contributed by atoms with van der Waals surface area (Å²) in [7, 11) is 1.64. The van der Waals surface area contributed by atoms with E-state index in [1.165, 1.54) is 0 Å². The number of ether oxygens (including phenoxy) is 2. The molecule has 104 valence electrons. The fraction of sp³-hybridized carbons (Fsp3) is 0.533. The fourth-order valence-electron chi connectivity index (χ4n) is 1.99. The third-order valence-electron chi connectivity index (χ3n) is 3.19. The third kappa shape index (κ3) is 3.96. The van der Waals surface area contributed by atoms with Crippen LogP contribution >= 0.6 is 0 Å². The van der Waals surface area contributed by atoms with Crippen molar-refractivity contribution in [1.82, 2.24) is 5.32 Å². The van der Waals surface area contributed by atoms with Gasteiger partial charge in [0.15, 0.2) is 0 Å². The Kier molecular flexibility index (Phi) is 4.80. The molecule has 1 N–H and O–H groups in total. The maximum atomic E-state index is 11.8. The van der Waals surface area contributed by atoms with E-state index in [9.17, 15) is 4.79 Å². The van der Waals surface area contributed by atoms with Crippen LogP contribution in [0.5, 0.6) is 5.75 Å². The maximum absolute atomic E-state index is 11.8. The number of benzene rings is 1. The van der Waals surface area contributed by atoms with Crippen LogP contribution in [0.3, 0.4) is 0 Å². The summed E-state index contributed by atoms with van der Waals surface area (Å²) in [5, 5.41) is 3.04. The first-order chi connectivity index (χ1) is 9.24. The molecule has 0 aromatic heterocycles. The van der Waals surface area contributed by atoms with E-state index < -0.39 is 0 Å². The van der Waals surface area contributed by atoms with Gasteiger partial charge < -0.3 is 14.8 Å². The van der Waals surface area contributed by atoms with Crippen LogP contribution in [0.1, 0.15) is 31.4 Å². The van der Waals surface area contributed by atoms with Gasteiger partial charge in [0.05, 0.1) is 19.3 Å². The fourth-order valence-corrected chi connectivity index (χ4v) is 1.99. The minimum Gasteiger partial charge on any atom is -0.494 e. The zero-order valence-corrected chi connectivity index (χ0v) is 11.5. The second-order valence-corrected chi connectivity index (χ2v) is 4.79. The lowest BCUT2D eigenvalue weighted by Crippen LogP contribution is -2.32. The van der Waals surface area contributed by atoms with Crippen molar-refractivity contribution in [2.24, 2.45) is 5.92 Å². The highest BCUT2D eigenvalue weighted by Crippen LogP contribution is 2.30. The smallest absolute Gasteiger partial charge is 0.223 e. The molecule has 1 aliphatic rings. The second-order valence-electron chi connectivity index (χ2n) is 4.79. The predicted octanol–water partition coefficient (Wildman–Crippen LogP) is 2.30. The molecule has 1 aromatic carbocycles. The molecule has 1 aromatic rings. The van der Waals surface area contributed by atoms with Crippen molar-refractivity contribution in [3.05, 3.63) is 29.8 Å². The van der Waals surface area contributed by atoms with Gasteiger partial charge in [0.1, 0.15) is 5.75 Å². The van der Waals surface area contributed by atoms with Crippen molar-refractivity contribution in [3.63, 3.8) is 0 Å². The molecule has 1 unspecified atom stereocenters. The Balaban J connectivity index is 2.02. The number of methoxy groups -OCH3 is 1. The Hall–Kier alpha value is -1.55. The predicted molar refractivity (Wildman–Crippen MR) is 73.1 cm³/mol. The van der Waals surface area contributed by atoms with Crippen LogP contribution in [0.25, 0.3) is 0 Å². The SMILES string of the molecule is CCOc1ccc(C(COC)NC(=O)C2CC2)cc1. The van der Waals surface area contributed by atoms with Gasteiger partial charge in [-0.15, -0.1) is 0 Å². The molecule has 1 atom stereocenters. The van der Waals surface area contributed by atoms with Crippen molar-refractivity contribution in [2.45, 2.75) is 25.8 Å². The summed E-state index contributed by atoms with van der Waals surface area (Å²) < 4.78 is 10.6. The topological polar surface area (TPSA) is 47.6 Å². The lowest BCUT2D eigenvalue weighted by molar-refractivity contribution is -0.123. The molecule has 0 heterocycles. The molecule has 0 aliphatic heterocycles. The van der Waals surface area contributed by atoms with Gasteiger partial charge in [-0.3, -0.25) is 4.79 Å². The van der Waals surface area contributed by atoms with E-state index in [2.05, 4.69) is 5.32 Å². The van der Waals surface area contributed by atoms with E-state index in [4.69, 9.17) is 9.47 Å². The van der Waals surface area contributed by atoms with Crippen LogP contribution in [0.4, 0.5) is 0 Å². The zero-order chi connectivity index (χ0) is 13.7. The molecule has 2 rings (SSSR count). The zero-order valence-electron chi connectivity index (χ0n) is 11.5. The van der Waals surface area contributed by atoms with Crippen LogP contribution in [0.2, 0.25) is 0 Å². The first-order valence-corrected chi connectivity index (χ1v) is 6.76. The highest BCUT2D eigenvalue weighted by Gasteiger charge is 2.31.